The van der Waals surface area contributed by atoms with Gasteiger partial charge in [-0.1, -0.05) is 18.2 Å². The largest absolute Gasteiger partial charge is 0.351 e. The number of benzene rings is 1. The number of nitrogens with one attached hydrogen (secondary N) is 2. The molecule has 2 N–H and O–H groups in total. The average molecular weight is 301 g/mol. The maximum Gasteiger partial charge on any atom is 0.230 e. The molecule has 1 aromatic carbocycles. The van der Waals surface area contributed by atoms with Gasteiger partial charge in [0.1, 0.15) is 5.82 Å². The molecule has 2 rings (SSSR count). The topological polar surface area (TPSA) is 41.1 Å². The Hall–Kier alpha value is -1.13. The standard InChI is InChI=1S/C15H21FN2O.ClH/c1-15(2,12-7-3-4-8-13(12)16)14(19)18-11-6-5-9-17-10-11;/h3-4,7-8,11,17H,5-6,9-10H2,1-2H3,(H,18,19);1H. The zero-order valence-corrected chi connectivity index (χ0v) is 12.7. The van der Waals surface area contributed by atoms with E-state index in [1.807, 2.05) is 0 Å². The van der Waals surface area contributed by atoms with Crippen LogP contribution in [0.15, 0.2) is 24.3 Å². The summed E-state index contributed by atoms with van der Waals surface area (Å²) in [5.41, 5.74) is -0.417. The monoisotopic (exact) mass is 300 g/mol. The van der Waals surface area contributed by atoms with E-state index in [1.54, 1.807) is 32.0 Å². The van der Waals surface area contributed by atoms with Gasteiger partial charge in [-0.15, -0.1) is 12.4 Å². The molecular formula is C15H22ClFN2O. The SMILES string of the molecule is CC(C)(C(=O)NC1CCCNC1)c1ccccc1F.Cl. The first-order valence-corrected chi connectivity index (χ1v) is 6.78. The van der Waals surface area contributed by atoms with Crippen molar-refractivity contribution in [1.29, 1.82) is 0 Å². The van der Waals surface area contributed by atoms with Gasteiger partial charge in [0.05, 0.1) is 5.41 Å². The Morgan fingerprint density at radius 1 is 1.40 bits per heavy atom. The Morgan fingerprint density at radius 3 is 2.70 bits per heavy atom. The normalized spacial score (nSPS) is 19.1. The predicted molar refractivity (Wildman–Crippen MR) is 80.7 cm³/mol. The van der Waals surface area contributed by atoms with E-state index in [1.165, 1.54) is 6.07 Å². The molecule has 0 bridgehead atoms. The quantitative estimate of drug-likeness (QED) is 0.900. The number of carbonyl (C=O) groups is 1. The zero-order chi connectivity index (χ0) is 13.9. The maximum atomic E-state index is 13.8. The van der Waals surface area contributed by atoms with Crippen LogP contribution in [0.2, 0.25) is 0 Å². The van der Waals surface area contributed by atoms with Crippen LogP contribution in [0, 0.1) is 5.82 Å². The minimum atomic E-state index is -0.858. The minimum absolute atomic E-state index is 0. The Kier molecular flexibility index (Phi) is 5.96. The lowest BCUT2D eigenvalue weighted by Gasteiger charge is -2.30. The number of hydrogen-bond acceptors (Lipinski definition) is 2. The summed E-state index contributed by atoms with van der Waals surface area (Å²) in [7, 11) is 0. The number of halogens is 2. The van der Waals surface area contributed by atoms with Gasteiger partial charge in [0.15, 0.2) is 0 Å². The van der Waals surface area contributed by atoms with Crippen LogP contribution in [-0.2, 0) is 10.2 Å². The van der Waals surface area contributed by atoms with Gasteiger partial charge in [-0.25, -0.2) is 4.39 Å². The number of carbonyl (C=O) groups excluding carboxylic acids is 1. The summed E-state index contributed by atoms with van der Waals surface area (Å²) in [5, 5.41) is 6.27. The van der Waals surface area contributed by atoms with Crippen molar-refractivity contribution < 1.29 is 9.18 Å². The Bertz CT molecular complexity index is 459. The molecule has 1 aromatic rings. The molecule has 0 radical (unpaired) electrons. The highest BCUT2D eigenvalue weighted by Gasteiger charge is 2.33. The number of rotatable bonds is 3. The lowest BCUT2D eigenvalue weighted by molar-refractivity contribution is -0.126. The molecule has 1 unspecified atom stereocenters. The van der Waals surface area contributed by atoms with Crippen molar-refractivity contribution >= 4 is 18.3 Å². The molecular weight excluding hydrogens is 279 g/mol. The predicted octanol–water partition coefficient (Wildman–Crippen LogP) is 2.39. The number of amides is 1. The van der Waals surface area contributed by atoms with Crippen LogP contribution in [0.1, 0.15) is 32.3 Å². The van der Waals surface area contributed by atoms with Gasteiger partial charge in [-0.05, 0) is 39.3 Å². The summed E-state index contributed by atoms with van der Waals surface area (Å²) in [6.45, 7) is 5.32. The minimum Gasteiger partial charge on any atom is -0.351 e. The van der Waals surface area contributed by atoms with Gasteiger partial charge >= 0.3 is 0 Å². The van der Waals surface area contributed by atoms with Gasteiger partial charge in [0.25, 0.3) is 0 Å². The van der Waals surface area contributed by atoms with Crippen molar-refractivity contribution in [2.45, 2.75) is 38.1 Å². The van der Waals surface area contributed by atoms with E-state index in [-0.39, 0.29) is 30.2 Å². The van der Waals surface area contributed by atoms with Gasteiger partial charge < -0.3 is 10.6 Å². The molecule has 3 nitrogen and oxygen atoms in total. The molecule has 20 heavy (non-hydrogen) atoms. The molecule has 0 saturated carbocycles. The van der Waals surface area contributed by atoms with Crippen molar-refractivity contribution in [3.8, 4) is 0 Å². The highest BCUT2D eigenvalue weighted by molar-refractivity contribution is 5.87. The second-order valence-corrected chi connectivity index (χ2v) is 5.62. The zero-order valence-electron chi connectivity index (χ0n) is 11.9. The molecule has 1 fully saturated rings. The Balaban J connectivity index is 0.00000200. The van der Waals surface area contributed by atoms with E-state index in [9.17, 15) is 9.18 Å². The summed E-state index contributed by atoms with van der Waals surface area (Å²) in [4.78, 5) is 12.4. The van der Waals surface area contributed by atoms with Crippen molar-refractivity contribution in [2.75, 3.05) is 13.1 Å². The maximum absolute atomic E-state index is 13.8. The molecule has 112 valence electrons. The summed E-state index contributed by atoms with van der Waals surface area (Å²) < 4.78 is 13.8. The van der Waals surface area contributed by atoms with E-state index in [2.05, 4.69) is 10.6 Å². The number of piperidine rings is 1. The highest BCUT2D eigenvalue weighted by Crippen LogP contribution is 2.26. The Morgan fingerprint density at radius 2 is 2.10 bits per heavy atom. The van der Waals surface area contributed by atoms with Crippen LogP contribution < -0.4 is 10.6 Å². The molecule has 1 atom stereocenters. The first-order valence-electron chi connectivity index (χ1n) is 6.78. The summed E-state index contributed by atoms with van der Waals surface area (Å²) in [6, 6.07) is 6.61. The molecule has 1 saturated heterocycles. The number of hydrogen-bond donors (Lipinski definition) is 2. The van der Waals surface area contributed by atoms with Gasteiger partial charge in [-0.2, -0.15) is 0 Å². The third-order valence-corrected chi connectivity index (χ3v) is 3.75. The van der Waals surface area contributed by atoms with Crippen molar-refractivity contribution in [3.63, 3.8) is 0 Å². The van der Waals surface area contributed by atoms with Crippen molar-refractivity contribution in [3.05, 3.63) is 35.6 Å². The molecule has 5 heteroatoms. The van der Waals surface area contributed by atoms with Crippen LogP contribution in [-0.4, -0.2) is 25.0 Å². The fraction of sp³-hybridized carbons (Fsp3) is 0.533. The van der Waals surface area contributed by atoms with Gasteiger partial charge in [0, 0.05) is 18.2 Å². The van der Waals surface area contributed by atoms with E-state index in [0.717, 1.165) is 25.9 Å². The van der Waals surface area contributed by atoms with Crippen LogP contribution in [0.25, 0.3) is 0 Å². The van der Waals surface area contributed by atoms with Crippen molar-refractivity contribution in [2.24, 2.45) is 0 Å². The molecule has 0 spiro atoms. The summed E-state index contributed by atoms with van der Waals surface area (Å²) >= 11 is 0. The third-order valence-electron chi connectivity index (χ3n) is 3.75. The average Bonchev–Trinajstić information content (AvgIpc) is 2.40. The lowest BCUT2D eigenvalue weighted by atomic mass is 9.83. The molecule has 1 heterocycles. The second-order valence-electron chi connectivity index (χ2n) is 5.62. The first-order chi connectivity index (χ1) is 9.01. The molecule has 0 aromatic heterocycles. The van der Waals surface area contributed by atoms with Crippen LogP contribution in [0.4, 0.5) is 4.39 Å². The molecule has 1 aliphatic heterocycles. The third kappa shape index (κ3) is 3.70. The fourth-order valence-electron chi connectivity index (χ4n) is 2.43. The summed E-state index contributed by atoms with van der Waals surface area (Å²) in [6.07, 6.45) is 2.04. The smallest absolute Gasteiger partial charge is 0.230 e. The Labute approximate surface area is 125 Å². The van der Waals surface area contributed by atoms with E-state index in [4.69, 9.17) is 0 Å². The summed E-state index contributed by atoms with van der Waals surface area (Å²) in [5.74, 6) is -0.448. The first kappa shape index (κ1) is 16.9. The second kappa shape index (κ2) is 7.04. The molecule has 1 aliphatic rings. The van der Waals surface area contributed by atoms with Gasteiger partial charge in [0.2, 0.25) is 5.91 Å². The van der Waals surface area contributed by atoms with E-state index in [0.29, 0.717) is 5.56 Å². The van der Waals surface area contributed by atoms with E-state index < -0.39 is 5.41 Å². The lowest BCUT2D eigenvalue weighted by Crippen LogP contribution is -2.50. The van der Waals surface area contributed by atoms with Crippen LogP contribution >= 0.6 is 12.4 Å². The van der Waals surface area contributed by atoms with Crippen molar-refractivity contribution in [1.82, 2.24) is 10.6 Å². The van der Waals surface area contributed by atoms with Gasteiger partial charge in [-0.3, -0.25) is 4.79 Å². The molecule has 0 aliphatic carbocycles. The van der Waals surface area contributed by atoms with Crippen LogP contribution in [0.3, 0.4) is 0 Å². The fourth-order valence-corrected chi connectivity index (χ4v) is 2.43. The molecule has 1 amide bonds. The van der Waals surface area contributed by atoms with E-state index >= 15 is 0 Å². The van der Waals surface area contributed by atoms with Crippen LogP contribution in [0.5, 0.6) is 0 Å². The highest BCUT2D eigenvalue weighted by atomic mass is 35.5.